The van der Waals surface area contributed by atoms with Crippen LogP contribution in [0.15, 0.2) is 23.4 Å². The van der Waals surface area contributed by atoms with E-state index in [0.717, 1.165) is 5.56 Å². The summed E-state index contributed by atoms with van der Waals surface area (Å²) in [6, 6.07) is 5.39. The van der Waals surface area contributed by atoms with E-state index in [0.29, 0.717) is 17.9 Å². The van der Waals surface area contributed by atoms with E-state index < -0.39 is 0 Å². The van der Waals surface area contributed by atoms with Crippen LogP contribution in [-0.2, 0) is 4.74 Å². The van der Waals surface area contributed by atoms with Gasteiger partial charge in [-0.25, -0.2) is 0 Å². The number of oxime groups is 1. The molecule has 0 saturated carbocycles. The standard InChI is InChI=1S/C12H18N2O3/c1-8-4-5-10(12(13)14-15)6-11(8)17-9(2)7-16-3/h4-6,9,15H,7H2,1-3H3,(H2,13,14). The van der Waals surface area contributed by atoms with E-state index in [1.165, 1.54) is 0 Å². The maximum Gasteiger partial charge on any atom is 0.170 e. The minimum atomic E-state index is -0.0544. The van der Waals surface area contributed by atoms with E-state index >= 15 is 0 Å². The third-order valence-electron chi connectivity index (χ3n) is 2.32. The Hall–Kier alpha value is -1.75. The zero-order valence-electron chi connectivity index (χ0n) is 10.3. The van der Waals surface area contributed by atoms with Crippen molar-refractivity contribution in [3.63, 3.8) is 0 Å². The molecule has 1 rings (SSSR count). The molecule has 0 radical (unpaired) electrons. The molecule has 0 aliphatic rings. The van der Waals surface area contributed by atoms with Crippen LogP contribution < -0.4 is 10.5 Å². The summed E-state index contributed by atoms with van der Waals surface area (Å²) in [6.07, 6.45) is -0.0544. The van der Waals surface area contributed by atoms with Crippen molar-refractivity contribution in [2.75, 3.05) is 13.7 Å². The fraction of sp³-hybridized carbons (Fsp3) is 0.417. The van der Waals surface area contributed by atoms with Gasteiger partial charge in [0, 0.05) is 12.7 Å². The maximum absolute atomic E-state index is 8.62. The molecule has 0 amide bonds. The van der Waals surface area contributed by atoms with Crippen molar-refractivity contribution >= 4 is 5.84 Å². The van der Waals surface area contributed by atoms with Gasteiger partial charge in [-0.2, -0.15) is 0 Å². The van der Waals surface area contributed by atoms with Crippen LogP contribution in [0.5, 0.6) is 5.75 Å². The Morgan fingerprint density at radius 2 is 2.24 bits per heavy atom. The fourth-order valence-electron chi connectivity index (χ4n) is 1.43. The molecule has 0 aromatic heterocycles. The van der Waals surface area contributed by atoms with Gasteiger partial charge >= 0.3 is 0 Å². The summed E-state index contributed by atoms with van der Waals surface area (Å²) < 4.78 is 10.7. The lowest BCUT2D eigenvalue weighted by Crippen LogP contribution is -2.19. The SMILES string of the molecule is COCC(C)Oc1cc(/C(N)=N/O)ccc1C. The molecule has 0 saturated heterocycles. The summed E-state index contributed by atoms with van der Waals surface area (Å²) >= 11 is 0. The lowest BCUT2D eigenvalue weighted by molar-refractivity contribution is 0.0916. The molecule has 5 nitrogen and oxygen atoms in total. The monoisotopic (exact) mass is 238 g/mol. The van der Waals surface area contributed by atoms with Crippen molar-refractivity contribution < 1.29 is 14.7 Å². The van der Waals surface area contributed by atoms with Crippen LogP contribution >= 0.6 is 0 Å². The average molecular weight is 238 g/mol. The van der Waals surface area contributed by atoms with E-state index in [1.54, 1.807) is 19.2 Å². The second-order valence-corrected chi connectivity index (χ2v) is 3.85. The number of nitrogens with zero attached hydrogens (tertiary/aromatic N) is 1. The first-order chi connectivity index (χ1) is 8.08. The van der Waals surface area contributed by atoms with Gasteiger partial charge in [0.15, 0.2) is 5.84 Å². The highest BCUT2D eigenvalue weighted by Gasteiger charge is 2.08. The van der Waals surface area contributed by atoms with Gasteiger partial charge in [0.25, 0.3) is 0 Å². The van der Waals surface area contributed by atoms with Gasteiger partial charge < -0.3 is 20.4 Å². The average Bonchev–Trinajstić information content (AvgIpc) is 2.31. The second-order valence-electron chi connectivity index (χ2n) is 3.85. The molecular weight excluding hydrogens is 220 g/mol. The van der Waals surface area contributed by atoms with Gasteiger partial charge in [0.2, 0.25) is 0 Å². The van der Waals surface area contributed by atoms with Crippen molar-refractivity contribution in [3.05, 3.63) is 29.3 Å². The van der Waals surface area contributed by atoms with E-state index in [-0.39, 0.29) is 11.9 Å². The summed E-state index contributed by atoms with van der Waals surface area (Å²) in [6.45, 7) is 4.36. The zero-order chi connectivity index (χ0) is 12.8. The number of benzene rings is 1. The Labute approximate surface area is 101 Å². The number of hydrogen-bond donors (Lipinski definition) is 2. The molecule has 0 spiro atoms. The summed E-state index contributed by atoms with van der Waals surface area (Å²) in [5, 5.41) is 11.6. The van der Waals surface area contributed by atoms with Gasteiger partial charge in [-0.1, -0.05) is 17.3 Å². The van der Waals surface area contributed by atoms with Gasteiger partial charge in [0.1, 0.15) is 11.9 Å². The molecule has 0 heterocycles. The maximum atomic E-state index is 8.62. The minimum absolute atomic E-state index is 0.0544. The lowest BCUT2D eigenvalue weighted by atomic mass is 10.1. The highest BCUT2D eigenvalue weighted by atomic mass is 16.5. The molecule has 5 heteroatoms. The topological polar surface area (TPSA) is 77.1 Å². The Kier molecular flexibility index (Phi) is 4.78. The molecule has 0 aliphatic heterocycles. The molecule has 1 aromatic carbocycles. The minimum Gasteiger partial charge on any atom is -0.488 e. The number of hydrogen-bond acceptors (Lipinski definition) is 4. The van der Waals surface area contributed by atoms with Crippen LogP contribution in [0.2, 0.25) is 0 Å². The number of amidine groups is 1. The van der Waals surface area contributed by atoms with Crippen LogP contribution in [0.25, 0.3) is 0 Å². The summed E-state index contributed by atoms with van der Waals surface area (Å²) in [5.41, 5.74) is 7.13. The number of aryl methyl sites for hydroxylation is 1. The van der Waals surface area contributed by atoms with Gasteiger partial charge in [-0.15, -0.1) is 0 Å². The van der Waals surface area contributed by atoms with E-state index in [9.17, 15) is 0 Å². The summed E-state index contributed by atoms with van der Waals surface area (Å²) in [4.78, 5) is 0. The molecule has 1 aromatic rings. The first kappa shape index (κ1) is 13.3. The van der Waals surface area contributed by atoms with Gasteiger partial charge in [0.05, 0.1) is 6.61 Å². The molecule has 1 atom stereocenters. The van der Waals surface area contributed by atoms with Crippen molar-refractivity contribution in [3.8, 4) is 5.75 Å². The summed E-state index contributed by atoms with van der Waals surface area (Å²) in [5.74, 6) is 0.771. The van der Waals surface area contributed by atoms with Crippen molar-refractivity contribution in [1.29, 1.82) is 0 Å². The lowest BCUT2D eigenvalue weighted by Gasteiger charge is -2.16. The highest BCUT2D eigenvalue weighted by Crippen LogP contribution is 2.20. The van der Waals surface area contributed by atoms with Gasteiger partial charge in [-0.3, -0.25) is 0 Å². The number of methoxy groups -OCH3 is 1. The fourth-order valence-corrected chi connectivity index (χ4v) is 1.43. The van der Waals surface area contributed by atoms with Crippen LogP contribution in [0, 0.1) is 6.92 Å². The molecule has 94 valence electrons. The van der Waals surface area contributed by atoms with Crippen molar-refractivity contribution in [2.24, 2.45) is 10.9 Å². The van der Waals surface area contributed by atoms with E-state index in [2.05, 4.69) is 5.16 Å². The van der Waals surface area contributed by atoms with Crippen molar-refractivity contribution in [1.82, 2.24) is 0 Å². The molecule has 0 aliphatic carbocycles. The summed E-state index contributed by atoms with van der Waals surface area (Å²) in [7, 11) is 1.62. The van der Waals surface area contributed by atoms with E-state index in [1.807, 2.05) is 19.9 Å². The number of nitrogens with two attached hydrogens (primary N) is 1. The molecular formula is C12H18N2O3. The normalized spacial score (nSPS) is 13.5. The predicted octanol–water partition coefficient (Wildman–Crippen LogP) is 1.50. The largest absolute Gasteiger partial charge is 0.488 e. The van der Waals surface area contributed by atoms with Crippen LogP contribution in [-0.4, -0.2) is 30.9 Å². The highest BCUT2D eigenvalue weighted by molar-refractivity contribution is 5.97. The van der Waals surface area contributed by atoms with Crippen LogP contribution in [0.1, 0.15) is 18.1 Å². The second kappa shape index (κ2) is 6.10. The van der Waals surface area contributed by atoms with Crippen molar-refractivity contribution in [2.45, 2.75) is 20.0 Å². The van der Waals surface area contributed by atoms with Crippen LogP contribution in [0.4, 0.5) is 0 Å². The quantitative estimate of drug-likeness (QED) is 0.353. The van der Waals surface area contributed by atoms with Crippen LogP contribution in [0.3, 0.4) is 0 Å². The smallest absolute Gasteiger partial charge is 0.170 e. The first-order valence-electron chi connectivity index (χ1n) is 5.32. The Balaban J connectivity index is 2.91. The molecule has 1 unspecified atom stereocenters. The molecule has 3 N–H and O–H groups in total. The third-order valence-corrected chi connectivity index (χ3v) is 2.32. The number of rotatable bonds is 5. The Bertz CT molecular complexity index is 405. The molecule has 0 fully saturated rings. The predicted molar refractivity (Wildman–Crippen MR) is 65.7 cm³/mol. The zero-order valence-corrected chi connectivity index (χ0v) is 10.3. The first-order valence-corrected chi connectivity index (χ1v) is 5.32. The Morgan fingerprint density at radius 3 is 2.82 bits per heavy atom. The number of ether oxygens (including phenoxy) is 2. The third kappa shape index (κ3) is 3.64. The molecule has 0 bridgehead atoms. The van der Waals surface area contributed by atoms with E-state index in [4.69, 9.17) is 20.4 Å². The molecule has 17 heavy (non-hydrogen) atoms. The van der Waals surface area contributed by atoms with Gasteiger partial charge in [-0.05, 0) is 25.5 Å². The Morgan fingerprint density at radius 1 is 1.53 bits per heavy atom.